The van der Waals surface area contributed by atoms with Gasteiger partial charge in [0.2, 0.25) is 0 Å². The number of hydrogen-bond acceptors (Lipinski definition) is 5. The largest absolute Gasteiger partial charge is 0.483 e. The summed E-state index contributed by atoms with van der Waals surface area (Å²) in [6.07, 6.45) is 1.88. The van der Waals surface area contributed by atoms with Gasteiger partial charge in [-0.3, -0.25) is 0 Å². The Morgan fingerprint density at radius 2 is 1.71 bits per heavy atom. The van der Waals surface area contributed by atoms with Crippen LogP contribution in [0.5, 0.6) is 0 Å². The molecule has 3 rings (SSSR count). The lowest BCUT2D eigenvalue weighted by Crippen LogP contribution is -2.20. The van der Waals surface area contributed by atoms with Crippen LogP contribution in [0.2, 0.25) is 0 Å². The molecule has 2 aromatic rings. The monoisotopic (exact) mass is 441 g/mol. The molecule has 2 aromatic carbocycles. The van der Waals surface area contributed by atoms with Crippen molar-refractivity contribution in [3.8, 4) is 0 Å². The fourth-order valence-electron chi connectivity index (χ4n) is 3.28. The minimum absolute atomic E-state index is 0.0461. The van der Waals surface area contributed by atoms with Crippen molar-refractivity contribution in [3.05, 3.63) is 77.1 Å². The average Bonchev–Trinajstić information content (AvgIpc) is 3.07. The van der Waals surface area contributed by atoms with Gasteiger partial charge in [0.15, 0.2) is 6.10 Å². The third kappa shape index (κ3) is 5.41. The highest BCUT2D eigenvalue weighted by Crippen LogP contribution is 2.35. The van der Waals surface area contributed by atoms with E-state index in [1.807, 2.05) is 37.3 Å². The summed E-state index contributed by atoms with van der Waals surface area (Å²) in [5, 5.41) is 0. The molecule has 31 heavy (non-hydrogen) atoms. The van der Waals surface area contributed by atoms with Crippen LogP contribution in [0.4, 0.5) is 0 Å². The second-order valence-electron chi connectivity index (χ2n) is 7.45. The first-order chi connectivity index (χ1) is 14.8. The van der Waals surface area contributed by atoms with Gasteiger partial charge in [0.05, 0.1) is 11.5 Å². The summed E-state index contributed by atoms with van der Waals surface area (Å²) in [7, 11) is -4.05. The molecule has 0 N–H and O–H groups in total. The van der Waals surface area contributed by atoms with E-state index < -0.39 is 22.1 Å². The third-order valence-corrected chi connectivity index (χ3v) is 6.28. The second-order valence-corrected chi connectivity index (χ2v) is 9.05. The minimum atomic E-state index is -4.05. The van der Waals surface area contributed by atoms with Crippen LogP contribution >= 0.6 is 0 Å². The van der Waals surface area contributed by atoms with Gasteiger partial charge in [-0.05, 0) is 38.0 Å². The highest BCUT2D eigenvalue weighted by Gasteiger charge is 2.38. The Bertz CT molecular complexity index is 1090. The van der Waals surface area contributed by atoms with Crippen molar-refractivity contribution in [1.29, 1.82) is 0 Å². The molecular weight excluding hydrogens is 414 g/mol. The Hall–Kier alpha value is -2.93. The molecule has 7 heteroatoms. The Morgan fingerprint density at radius 3 is 2.35 bits per heavy atom. The van der Waals surface area contributed by atoms with E-state index in [-0.39, 0.29) is 22.8 Å². The predicted octanol–water partition coefficient (Wildman–Crippen LogP) is 4.90. The van der Waals surface area contributed by atoms with Crippen molar-refractivity contribution in [2.45, 2.75) is 51.0 Å². The number of unbranched alkanes of at least 4 members (excludes halogenated alkanes) is 2. The summed E-state index contributed by atoms with van der Waals surface area (Å²) in [4.78, 5) is 12.9. The van der Waals surface area contributed by atoms with Crippen LogP contribution in [0, 0.1) is 6.92 Å². The Kier molecular flexibility index (Phi) is 7.28. The molecule has 0 spiro atoms. The fourth-order valence-corrected chi connectivity index (χ4v) is 4.31. The summed E-state index contributed by atoms with van der Waals surface area (Å²) in [6, 6.07) is 15.5. The van der Waals surface area contributed by atoms with E-state index in [1.165, 1.54) is 12.1 Å². The molecule has 0 amide bonds. The van der Waals surface area contributed by atoms with Gasteiger partial charge in [-0.25, -0.2) is 4.79 Å². The van der Waals surface area contributed by atoms with Crippen LogP contribution < -0.4 is 0 Å². The third-order valence-electron chi connectivity index (χ3n) is 4.98. The van der Waals surface area contributed by atoms with E-state index in [1.54, 1.807) is 19.1 Å². The van der Waals surface area contributed by atoms with Crippen molar-refractivity contribution in [2.24, 2.45) is 4.40 Å². The molecule has 0 bridgehead atoms. The fraction of sp³-hybridized carbons (Fsp3) is 0.333. The van der Waals surface area contributed by atoms with Crippen molar-refractivity contribution >= 4 is 21.7 Å². The van der Waals surface area contributed by atoms with Gasteiger partial charge in [-0.2, -0.15) is 12.8 Å². The Balaban J connectivity index is 2.01. The maximum atomic E-state index is 13.0. The van der Waals surface area contributed by atoms with Crippen LogP contribution in [-0.4, -0.2) is 26.7 Å². The maximum Gasteiger partial charge on any atom is 0.343 e. The molecular formula is C24H27NO5S. The zero-order chi connectivity index (χ0) is 22.4. The summed E-state index contributed by atoms with van der Waals surface area (Å²) in [6.45, 7) is 5.82. The summed E-state index contributed by atoms with van der Waals surface area (Å²) in [5.74, 6) is -0.322. The summed E-state index contributed by atoms with van der Waals surface area (Å²) in [5.41, 5.74) is 1.75. The van der Waals surface area contributed by atoms with Crippen LogP contribution in [0.1, 0.15) is 50.3 Å². The Labute approximate surface area is 183 Å². The number of rotatable bonds is 8. The van der Waals surface area contributed by atoms with Gasteiger partial charge in [0, 0.05) is 0 Å². The molecule has 0 aromatic heterocycles. The molecule has 1 heterocycles. The van der Waals surface area contributed by atoms with E-state index in [2.05, 4.69) is 11.3 Å². The quantitative estimate of drug-likeness (QED) is 0.430. The lowest BCUT2D eigenvalue weighted by molar-refractivity contribution is -0.138. The molecule has 0 saturated carbocycles. The molecule has 0 fully saturated rings. The summed E-state index contributed by atoms with van der Waals surface area (Å²) < 4.78 is 41.4. The van der Waals surface area contributed by atoms with Gasteiger partial charge < -0.3 is 9.47 Å². The van der Waals surface area contributed by atoms with Gasteiger partial charge >= 0.3 is 5.97 Å². The maximum absolute atomic E-state index is 13.0. The summed E-state index contributed by atoms with van der Waals surface area (Å²) >= 11 is 0. The highest BCUT2D eigenvalue weighted by molar-refractivity contribution is 7.90. The molecule has 1 atom stereocenters. The standard InChI is InChI=1S/C24H27NO5S/c1-4-5-9-16-29-24(26)21-18(3)30-23(19-10-7-6-8-11-19)22(21)25-31(27,28)20-14-12-17(2)13-15-20/h6-8,10-15,23H,4-5,9,16H2,1-3H3/b25-22-. The number of benzene rings is 2. The van der Waals surface area contributed by atoms with E-state index in [0.29, 0.717) is 11.3 Å². The topological polar surface area (TPSA) is 82.0 Å². The van der Waals surface area contributed by atoms with Crippen molar-refractivity contribution in [3.63, 3.8) is 0 Å². The SMILES string of the molecule is CCCCCOC(=O)C1=C(C)OC(c2ccccc2)/C1=N\S(=O)(=O)c1ccc(C)cc1. The van der Waals surface area contributed by atoms with Crippen LogP contribution in [0.15, 0.2) is 75.2 Å². The van der Waals surface area contributed by atoms with Crippen molar-refractivity contribution in [1.82, 2.24) is 0 Å². The number of ether oxygens (including phenoxy) is 2. The van der Waals surface area contributed by atoms with Crippen molar-refractivity contribution < 1.29 is 22.7 Å². The number of carbonyl (C=O) groups is 1. The molecule has 0 saturated heterocycles. The number of aryl methyl sites for hydroxylation is 1. The Morgan fingerprint density at radius 1 is 1.03 bits per heavy atom. The van der Waals surface area contributed by atoms with Crippen LogP contribution in [0.3, 0.4) is 0 Å². The first-order valence-corrected chi connectivity index (χ1v) is 11.8. The van der Waals surface area contributed by atoms with Crippen LogP contribution in [0.25, 0.3) is 0 Å². The molecule has 6 nitrogen and oxygen atoms in total. The van der Waals surface area contributed by atoms with E-state index in [9.17, 15) is 13.2 Å². The lowest BCUT2D eigenvalue weighted by Gasteiger charge is -2.14. The molecule has 1 unspecified atom stereocenters. The van der Waals surface area contributed by atoms with Gasteiger partial charge in [0.1, 0.15) is 17.0 Å². The second kappa shape index (κ2) is 9.92. The zero-order valence-corrected chi connectivity index (χ0v) is 18.8. The molecule has 164 valence electrons. The number of allylic oxidation sites excluding steroid dienone is 1. The van der Waals surface area contributed by atoms with E-state index >= 15 is 0 Å². The van der Waals surface area contributed by atoms with Gasteiger partial charge in [0.25, 0.3) is 10.0 Å². The first-order valence-electron chi connectivity index (χ1n) is 10.3. The van der Waals surface area contributed by atoms with Gasteiger partial charge in [-0.15, -0.1) is 0 Å². The molecule has 1 aliphatic rings. The zero-order valence-electron chi connectivity index (χ0n) is 18.0. The van der Waals surface area contributed by atoms with E-state index in [4.69, 9.17) is 9.47 Å². The normalized spacial score (nSPS) is 17.6. The van der Waals surface area contributed by atoms with E-state index in [0.717, 1.165) is 24.8 Å². The lowest BCUT2D eigenvalue weighted by atomic mass is 10.0. The number of hydrogen-bond donors (Lipinski definition) is 0. The van der Waals surface area contributed by atoms with Gasteiger partial charge in [-0.1, -0.05) is 67.8 Å². The molecule has 0 radical (unpaired) electrons. The molecule has 0 aliphatic carbocycles. The predicted molar refractivity (Wildman–Crippen MR) is 119 cm³/mol. The number of esters is 1. The first kappa shape index (κ1) is 22.7. The molecule has 1 aliphatic heterocycles. The smallest absolute Gasteiger partial charge is 0.343 e. The average molecular weight is 442 g/mol. The van der Waals surface area contributed by atoms with Crippen molar-refractivity contribution in [2.75, 3.05) is 6.61 Å². The van der Waals surface area contributed by atoms with Crippen LogP contribution in [-0.2, 0) is 24.3 Å². The number of carbonyl (C=O) groups excluding carboxylic acids is 1. The highest BCUT2D eigenvalue weighted by atomic mass is 32.2. The minimum Gasteiger partial charge on any atom is -0.483 e. The number of sulfonamides is 1. The number of nitrogens with zero attached hydrogens (tertiary/aromatic N) is 1.